The molecule has 1 heterocycles. The van der Waals surface area contributed by atoms with E-state index in [2.05, 4.69) is 31.4 Å². The predicted molar refractivity (Wildman–Crippen MR) is 171 cm³/mol. The Morgan fingerprint density at radius 3 is 2.50 bits per heavy atom. The largest absolute Gasteiger partial charge is 0.496 e. The van der Waals surface area contributed by atoms with Crippen LogP contribution in [0.15, 0.2) is 30.3 Å². The van der Waals surface area contributed by atoms with Crippen LogP contribution in [-0.2, 0) is 16.2 Å². The molecule has 2 amide bonds. The Morgan fingerprint density at radius 2 is 1.93 bits per heavy atom. The first kappa shape index (κ1) is 32.7. The van der Waals surface area contributed by atoms with Crippen molar-refractivity contribution in [1.29, 1.82) is 0 Å². The van der Waals surface area contributed by atoms with Crippen molar-refractivity contribution in [1.82, 2.24) is 15.7 Å². The molecular weight excluding hydrogens is 591 g/mol. The minimum Gasteiger partial charge on any atom is -0.496 e. The first-order valence-electron chi connectivity index (χ1n) is 16.2. The summed E-state index contributed by atoms with van der Waals surface area (Å²) in [4.78, 5) is 34.8. The third-order valence-corrected chi connectivity index (χ3v) is 11.8. The van der Waals surface area contributed by atoms with E-state index in [0.717, 1.165) is 12.1 Å². The van der Waals surface area contributed by atoms with Gasteiger partial charge < -0.3 is 30.5 Å². The molecule has 4 aliphatic rings. The molecule has 1 saturated heterocycles. The van der Waals surface area contributed by atoms with E-state index in [9.17, 15) is 19.8 Å². The fourth-order valence-electron chi connectivity index (χ4n) is 9.46. The molecular formula is C35H47FN4O6. The van der Waals surface area contributed by atoms with Crippen molar-refractivity contribution in [3.8, 4) is 16.9 Å². The summed E-state index contributed by atoms with van der Waals surface area (Å²) in [6.45, 7) is 7.82. The second-order valence-electron chi connectivity index (χ2n) is 14.5. The Kier molecular flexibility index (Phi) is 8.15. The van der Waals surface area contributed by atoms with Crippen molar-refractivity contribution in [3.05, 3.63) is 47.3 Å². The van der Waals surface area contributed by atoms with Crippen LogP contribution >= 0.6 is 0 Å². The van der Waals surface area contributed by atoms with Gasteiger partial charge in [0, 0.05) is 55.0 Å². The number of hydrogen-bond donors (Lipinski definition) is 4. The molecule has 46 heavy (non-hydrogen) atoms. The number of methoxy groups -OCH3 is 1. The van der Waals surface area contributed by atoms with Gasteiger partial charge in [-0.05, 0) is 78.3 Å². The van der Waals surface area contributed by atoms with E-state index in [0.29, 0.717) is 40.4 Å². The third kappa shape index (κ3) is 4.64. The number of ether oxygens (including phenoxy) is 1. The quantitative estimate of drug-likeness (QED) is 0.313. The van der Waals surface area contributed by atoms with Gasteiger partial charge in [-0.1, -0.05) is 20.8 Å². The fraction of sp³-hybridized carbons (Fsp3) is 0.600. The third-order valence-electron chi connectivity index (χ3n) is 11.8. The molecule has 0 radical (unpaired) electrons. The average Bonchev–Trinajstić information content (AvgIpc) is 3.39. The van der Waals surface area contributed by atoms with E-state index in [1.807, 2.05) is 25.1 Å². The highest BCUT2D eigenvalue weighted by Crippen LogP contribution is 2.81. The Morgan fingerprint density at radius 1 is 1.22 bits per heavy atom. The smallest absolute Gasteiger partial charge is 0.251 e. The number of carbonyl (C=O) groups is 2. The molecule has 250 valence electrons. The van der Waals surface area contributed by atoms with Crippen molar-refractivity contribution >= 4 is 17.5 Å². The number of anilines is 1. The number of aliphatic hydroxyl groups is 2. The molecule has 10 nitrogen and oxygen atoms in total. The lowest BCUT2D eigenvalue weighted by Crippen LogP contribution is -2.90. The van der Waals surface area contributed by atoms with Gasteiger partial charge in [0.15, 0.2) is 0 Å². The van der Waals surface area contributed by atoms with Crippen LogP contribution in [0.5, 0.6) is 5.75 Å². The van der Waals surface area contributed by atoms with Gasteiger partial charge in [-0.2, -0.15) is 5.06 Å². The van der Waals surface area contributed by atoms with Crippen LogP contribution < -0.4 is 20.3 Å². The first-order valence-corrected chi connectivity index (χ1v) is 16.2. The van der Waals surface area contributed by atoms with E-state index < -0.39 is 36.6 Å². The molecule has 3 aliphatic carbocycles. The number of benzene rings is 2. The average molecular weight is 639 g/mol. The van der Waals surface area contributed by atoms with Crippen molar-refractivity contribution in [2.45, 2.75) is 64.4 Å². The van der Waals surface area contributed by atoms with E-state index in [-0.39, 0.29) is 40.6 Å². The topological polar surface area (TPSA) is 124 Å². The minimum absolute atomic E-state index is 0.150. The highest BCUT2D eigenvalue weighted by Gasteiger charge is 2.83. The molecule has 1 aliphatic heterocycles. The molecule has 6 rings (SSSR count). The summed E-state index contributed by atoms with van der Waals surface area (Å²) in [5.41, 5.74) is 2.55. The number of hydroxylamine groups is 2. The van der Waals surface area contributed by atoms with Crippen LogP contribution in [0.3, 0.4) is 0 Å². The number of rotatable bonds is 10. The summed E-state index contributed by atoms with van der Waals surface area (Å²) in [5.74, 6) is 0.285. The van der Waals surface area contributed by atoms with Crippen LogP contribution in [-0.4, -0.2) is 85.7 Å². The molecule has 9 atom stereocenters. The molecule has 3 saturated carbocycles. The lowest BCUT2D eigenvalue weighted by atomic mass is 9.21. The van der Waals surface area contributed by atoms with Crippen LogP contribution in [0, 0.1) is 40.8 Å². The summed E-state index contributed by atoms with van der Waals surface area (Å²) >= 11 is 0. The molecule has 0 aromatic heterocycles. The maximum absolute atomic E-state index is 15.8. The van der Waals surface area contributed by atoms with E-state index >= 15 is 4.39 Å². The number of aliphatic hydroxyl groups excluding tert-OH is 2. The van der Waals surface area contributed by atoms with E-state index in [4.69, 9.17) is 9.57 Å². The minimum atomic E-state index is -0.978. The van der Waals surface area contributed by atoms with Gasteiger partial charge in [-0.3, -0.25) is 14.4 Å². The molecule has 2 aromatic rings. The zero-order chi connectivity index (χ0) is 33.5. The predicted octanol–water partition coefficient (Wildman–Crippen LogP) is 3.20. The number of carbonyl (C=O) groups excluding carboxylic acids is 2. The molecule has 4 N–H and O–H groups in total. The zero-order valence-corrected chi connectivity index (χ0v) is 27.9. The number of hydrogen-bond acceptors (Lipinski definition) is 8. The van der Waals surface area contributed by atoms with Gasteiger partial charge in [0.05, 0.1) is 26.4 Å². The van der Waals surface area contributed by atoms with Crippen molar-refractivity contribution in [2.75, 3.05) is 39.8 Å². The van der Waals surface area contributed by atoms with Crippen LogP contribution in [0.1, 0.15) is 50.0 Å². The lowest BCUT2D eigenvalue weighted by molar-refractivity contribution is -0.349. The number of halogens is 1. The molecule has 4 fully saturated rings. The van der Waals surface area contributed by atoms with Crippen molar-refractivity contribution < 1.29 is 33.8 Å². The van der Waals surface area contributed by atoms with Gasteiger partial charge in [0.1, 0.15) is 23.7 Å². The van der Waals surface area contributed by atoms with Gasteiger partial charge >= 0.3 is 0 Å². The summed E-state index contributed by atoms with van der Waals surface area (Å²) < 4.78 is 21.6. The standard InChI is InChI=1S/C35H47FN4O6/c1-17-28-29-24(34(28,3)4)14-35(17,29)38-33(44)30-27(18(2)42)26(16-41)46-40(30)15-23-25(36)10-9-22(31(23)45-8)19-11-20(32(43)37-5)13-21(12-19)39(6)7/h9-13,17-18,24,26-30,41-42H,14-16H2,1-8H3,(H,37,43)(H,38,44)/t17-,18-,24-,26-,27+,28+,29?,30-,35+/m0/s1. The first-order chi connectivity index (χ1) is 21.7. The normalized spacial score (nSPS) is 32.7. The second kappa shape index (κ2) is 11.5. The number of amides is 2. The molecule has 1 unspecified atom stereocenters. The van der Waals surface area contributed by atoms with Gasteiger partial charge in [0.2, 0.25) is 5.91 Å². The van der Waals surface area contributed by atoms with E-state index in [1.54, 1.807) is 32.2 Å². The highest BCUT2D eigenvalue weighted by molar-refractivity contribution is 5.97. The lowest BCUT2D eigenvalue weighted by Gasteiger charge is -2.86. The SMILES string of the molecule is CNC(=O)c1cc(-c2ccc(F)c(CN3O[C@@H](CO)[C@@H]([C@H](C)O)[C@H]3C(=O)N[C@@]34C[C@H]5C3[C@@H]([C@@H]4C)C5(C)C)c2OC)cc(N(C)C)c1. The van der Waals surface area contributed by atoms with Gasteiger partial charge in [0.25, 0.3) is 5.91 Å². The monoisotopic (exact) mass is 638 g/mol. The van der Waals surface area contributed by atoms with Crippen molar-refractivity contribution in [3.63, 3.8) is 0 Å². The van der Waals surface area contributed by atoms with Gasteiger partial charge in [-0.15, -0.1) is 0 Å². The molecule has 11 heteroatoms. The maximum atomic E-state index is 15.8. The zero-order valence-electron chi connectivity index (χ0n) is 27.9. The van der Waals surface area contributed by atoms with Gasteiger partial charge in [-0.25, -0.2) is 4.39 Å². The fourth-order valence-corrected chi connectivity index (χ4v) is 9.46. The second-order valence-corrected chi connectivity index (χ2v) is 14.5. The molecule has 0 spiro atoms. The summed E-state index contributed by atoms with van der Waals surface area (Å²) in [7, 11) is 6.74. The Labute approximate surface area is 270 Å². The highest BCUT2D eigenvalue weighted by atomic mass is 19.1. The number of nitrogens with one attached hydrogen (secondary N) is 2. The summed E-state index contributed by atoms with van der Waals surface area (Å²) in [6, 6.07) is 7.34. The van der Waals surface area contributed by atoms with Crippen LogP contribution in [0.25, 0.3) is 11.1 Å². The van der Waals surface area contributed by atoms with E-state index in [1.165, 1.54) is 18.2 Å². The Balaban J connectivity index is 1.35. The van der Waals surface area contributed by atoms with Crippen LogP contribution in [0.2, 0.25) is 0 Å². The van der Waals surface area contributed by atoms with Crippen molar-refractivity contribution in [2.24, 2.45) is 35.0 Å². The molecule has 2 aromatic carbocycles. The van der Waals surface area contributed by atoms with Crippen LogP contribution in [0.4, 0.5) is 10.1 Å². The Bertz CT molecular complexity index is 1540. The summed E-state index contributed by atoms with van der Waals surface area (Å²) in [5, 5.41) is 28.5. The maximum Gasteiger partial charge on any atom is 0.251 e. The Hall–Kier alpha value is -3.25. The summed E-state index contributed by atoms with van der Waals surface area (Å²) in [6.07, 6.45) is -0.923. The molecule has 0 bridgehead atoms. The number of nitrogens with zero attached hydrogens (tertiary/aromatic N) is 2.